The molecule has 0 saturated carbocycles. The maximum Gasteiger partial charge on any atom is 0.399 e. The Balaban J connectivity index is 0.980. The minimum absolute atomic E-state index is 0.0207. The molecule has 0 amide bonds. The molecular formula is C49H53N14O8+. The smallest absolute Gasteiger partial charge is 0.399 e. The number of methoxy groups -OCH3 is 2. The number of rotatable bonds is 23. The number of nitrogens with one attached hydrogen (secondary N) is 4. The van der Waals surface area contributed by atoms with E-state index in [-0.39, 0.29) is 53.4 Å². The first-order valence-corrected chi connectivity index (χ1v) is 22.8. The maximum absolute atomic E-state index is 12.8. The number of aliphatic hydroxyl groups excluding tert-OH is 1. The van der Waals surface area contributed by atoms with Crippen LogP contribution in [-0.4, -0.2) is 82.3 Å². The van der Waals surface area contributed by atoms with Crippen molar-refractivity contribution in [3.63, 3.8) is 0 Å². The zero-order valence-electron chi connectivity index (χ0n) is 39.8. The molecule has 6 heterocycles. The van der Waals surface area contributed by atoms with Gasteiger partial charge in [-0.05, 0) is 74.7 Å². The molecule has 0 aliphatic rings. The number of carboxylic acids is 1. The molecule has 6 aromatic heterocycles. The highest BCUT2D eigenvalue weighted by molar-refractivity contribution is 5.94. The summed E-state index contributed by atoms with van der Waals surface area (Å²) in [5.74, 6) is 2.83. The Morgan fingerprint density at radius 3 is 1.92 bits per heavy atom. The predicted molar refractivity (Wildman–Crippen MR) is 261 cm³/mol. The largest absolute Gasteiger partial charge is 0.494 e. The molecule has 0 bridgehead atoms. The molecule has 0 fully saturated rings. The van der Waals surface area contributed by atoms with Gasteiger partial charge in [0, 0.05) is 37.0 Å². The number of para-hydroxylation sites is 2. The van der Waals surface area contributed by atoms with Crippen molar-refractivity contribution < 1.29 is 42.6 Å². The lowest BCUT2D eigenvalue weighted by molar-refractivity contribution is -0.685. The first-order valence-electron chi connectivity index (χ1n) is 22.8. The van der Waals surface area contributed by atoms with Gasteiger partial charge in [0.25, 0.3) is 11.8 Å². The van der Waals surface area contributed by atoms with Gasteiger partial charge in [0.1, 0.15) is 11.6 Å². The number of pyridine rings is 2. The molecule has 2 aromatic carbocycles. The predicted octanol–water partition coefficient (Wildman–Crippen LogP) is 8.86. The standard InChI is InChI=1S/C49H52N14O8/c1-7-69-47(66)32-26-52-48(55-36-21-8-11-23-50-36)57-40(32)53-34-19-15-18-31(39(34)68-6)45-62-60-43(71-45)29(4)16-10-13-25-63-27-33(46(64)65)41(58-49(63)56-37-22-9-12-24-51-37)54-35-20-14-17-30(38(35)67-5)44-61-59-42(70-44)28(2)3/h8-9,11-12,14-15,17-24,26-29,47,66H,7,10,13,16,25H2,1-6H3,(H4,50,51,52,53,54,55,56,57,58,64,65)/p+1. The molecule has 0 radical (unpaired) electrons. The number of aromatic nitrogens is 10. The number of hydrogen-bond donors (Lipinski definition) is 6. The fourth-order valence-corrected chi connectivity index (χ4v) is 7.39. The maximum atomic E-state index is 12.8. The van der Waals surface area contributed by atoms with E-state index >= 15 is 0 Å². The number of carboxylic acid groups (broad SMARTS) is 1. The van der Waals surface area contributed by atoms with Crippen LogP contribution < -0.4 is 35.3 Å². The summed E-state index contributed by atoms with van der Waals surface area (Å²) in [5, 5.41) is 51.3. The Labute approximate surface area is 408 Å². The van der Waals surface area contributed by atoms with E-state index in [1.54, 1.807) is 90.7 Å². The second-order valence-corrected chi connectivity index (χ2v) is 16.3. The van der Waals surface area contributed by atoms with Crippen LogP contribution in [0.5, 0.6) is 11.5 Å². The van der Waals surface area contributed by atoms with Gasteiger partial charge in [-0.25, -0.2) is 29.6 Å². The van der Waals surface area contributed by atoms with E-state index in [4.69, 9.17) is 28.0 Å². The summed E-state index contributed by atoms with van der Waals surface area (Å²) in [6, 6.07) is 21.5. The average Bonchev–Trinajstić information content (AvgIpc) is 4.09. The third kappa shape index (κ3) is 11.6. The van der Waals surface area contributed by atoms with E-state index in [1.807, 2.05) is 32.9 Å². The number of hydrogen-bond acceptors (Lipinski definition) is 20. The fourth-order valence-electron chi connectivity index (χ4n) is 7.39. The quantitative estimate of drug-likeness (QED) is 0.0198. The van der Waals surface area contributed by atoms with Crippen LogP contribution in [-0.2, 0) is 11.3 Å². The lowest BCUT2D eigenvalue weighted by Crippen LogP contribution is -2.39. The summed E-state index contributed by atoms with van der Waals surface area (Å²) in [5.41, 5.74) is 2.21. The number of ether oxygens (including phenoxy) is 3. The zero-order chi connectivity index (χ0) is 49.9. The number of benzene rings is 2. The first kappa shape index (κ1) is 48.8. The molecule has 2 atom stereocenters. The van der Waals surface area contributed by atoms with Gasteiger partial charge in [-0.1, -0.05) is 50.0 Å². The molecule has 2 unspecified atom stereocenters. The molecule has 366 valence electrons. The highest BCUT2D eigenvalue weighted by Gasteiger charge is 2.27. The van der Waals surface area contributed by atoms with E-state index in [1.165, 1.54) is 20.4 Å². The summed E-state index contributed by atoms with van der Waals surface area (Å²) in [6.07, 6.45) is 7.02. The number of unbranched alkanes of at least 4 members (excludes halogenated alkanes) is 1. The van der Waals surface area contributed by atoms with Gasteiger partial charge < -0.3 is 49.2 Å². The van der Waals surface area contributed by atoms with Gasteiger partial charge in [0.2, 0.25) is 23.5 Å². The number of nitrogens with zero attached hydrogens (tertiary/aromatic N) is 10. The highest BCUT2D eigenvalue weighted by atomic mass is 16.6. The van der Waals surface area contributed by atoms with Gasteiger partial charge in [0.15, 0.2) is 29.2 Å². The number of anilines is 8. The van der Waals surface area contributed by atoms with Crippen LogP contribution in [0.4, 0.5) is 46.5 Å². The fraction of sp³-hybridized carbons (Fsp3) is 0.286. The average molecular weight is 966 g/mol. The summed E-state index contributed by atoms with van der Waals surface area (Å²) < 4.78 is 31.1. The van der Waals surface area contributed by atoms with Crippen molar-refractivity contribution in [3.05, 3.63) is 120 Å². The minimum Gasteiger partial charge on any atom is -0.494 e. The lowest BCUT2D eigenvalue weighted by Gasteiger charge is -2.18. The first-order chi connectivity index (χ1) is 34.5. The molecule has 0 aliphatic carbocycles. The molecule has 8 aromatic rings. The summed E-state index contributed by atoms with van der Waals surface area (Å²) >= 11 is 0. The number of aliphatic hydroxyl groups is 1. The SMILES string of the molecule is CCOC(O)c1cnc(Nc2ccccn2)nc1Nc1cccc(-c2nnc(C(C)CCCC[n+]3cc(C(=O)O)c(Nc4cccc(-c5nnc(C(C)C)o5)c4OC)nc3Nc3ccccn3)o2)c1OC. The topological polar surface area (TPSA) is 280 Å². The zero-order valence-corrected chi connectivity index (χ0v) is 39.8. The van der Waals surface area contributed by atoms with Gasteiger partial charge >= 0.3 is 11.9 Å². The van der Waals surface area contributed by atoms with Gasteiger partial charge in [-0.2, -0.15) is 4.98 Å². The third-order valence-corrected chi connectivity index (χ3v) is 11.0. The van der Waals surface area contributed by atoms with E-state index < -0.39 is 12.3 Å². The van der Waals surface area contributed by atoms with Crippen LogP contribution in [0, 0.1) is 0 Å². The number of carbonyl (C=O) groups is 1. The Morgan fingerprint density at radius 1 is 0.718 bits per heavy atom. The molecule has 8 rings (SSSR count). The highest BCUT2D eigenvalue weighted by Crippen LogP contribution is 2.40. The van der Waals surface area contributed by atoms with E-state index in [0.29, 0.717) is 94.7 Å². The summed E-state index contributed by atoms with van der Waals surface area (Å²) in [7, 11) is 3.03. The van der Waals surface area contributed by atoms with E-state index in [0.717, 1.165) is 0 Å². The van der Waals surface area contributed by atoms with Gasteiger partial charge in [0.05, 0.1) is 55.0 Å². The molecule has 22 nitrogen and oxygen atoms in total. The normalized spacial score (nSPS) is 12.1. The Bertz CT molecular complexity index is 3060. The molecule has 0 spiro atoms. The van der Waals surface area contributed by atoms with Crippen LogP contribution in [0.25, 0.3) is 22.9 Å². The van der Waals surface area contributed by atoms with Crippen molar-refractivity contribution in [2.45, 2.75) is 71.6 Å². The van der Waals surface area contributed by atoms with Crippen molar-refractivity contribution in [3.8, 4) is 34.4 Å². The van der Waals surface area contributed by atoms with E-state index in [9.17, 15) is 15.0 Å². The lowest BCUT2D eigenvalue weighted by atomic mass is 10.0. The van der Waals surface area contributed by atoms with Gasteiger partial charge in [-0.3, -0.25) is 0 Å². The van der Waals surface area contributed by atoms with Gasteiger partial charge in [-0.15, -0.1) is 20.4 Å². The summed E-state index contributed by atoms with van der Waals surface area (Å²) in [6.45, 7) is 8.34. The monoisotopic (exact) mass is 965 g/mol. The van der Waals surface area contributed by atoms with E-state index in [2.05, 4.69) is 61.6 Å². The second-order valence-electron chi connectivity index (χ2n) is 16.3. The molecule has 0 saturated heterocycles. The van der Waals surface area contributed by atoms with Crippen molar-refractivity contribution in [2.24, 2.45) is 0 Å². The molecular weight excluding hydrogens is 913 g/mol. The molecule has 22 heteroatoms. The second kappa shape index (κ2) is 22.7. The number of aryl methyl sites for hydroxylation is 1. The minimum atomic E-state index is -1.31. The molecule has 71 heavy (non-hydrogen) atoms. The van der Waals surface area contributed by atoms with Crippen molar-refractivity contribution in [2.75, 3.05) is 42.1 Å². The van der Waals surface area contributed by atoms with Crippen LogP contribution in [0.2, 0.25) is 0 Å². The molecule has 6 N–H and O–H groups in total. The Hall–Kier alpha value is -8.63. The van der Waals surface area contributed by atoms with Crippen LogP contribution in [0.15, 0.2) is 106 Å². The Morgan fingerprint density at radius 2 is 1.34 bits per heavy atom. The van der Waals surface area contributed by atoms with Crippen LogP contribution in [0.1, 0.15) is 92.8 Å². The Kier molecular flexibility index (Phi) is 15.6. The van der Waals surface area contributed by atoms with Crippen LogP contribution in [0.3, 0.4) is 0 Å². The van der Waals surface area contributed by atoms with Crippen LogP contribution >= 0.6 is 0 Å². The van der Waals surface area contributed by atoms with Crippen molar-refractivity contribution >= 4 is 52.5 Å². The third-order valence-electron chi connectivity index (χ3n) is 11.0. The molecule has 0 aliphatic heterocycles. The van der Waals surface area contributed by atoms with Crippen molar-refractivity contribution in [1.82, 2.24) is 45.3 Å². The summed E-state index contributed by atoms with van der Waals surface area (Å²) in [4.78, 5) is 35.3. The van der Waals surface area contributed by atoms with Crippen molar-refractivity contribution in [1.29, 1.82) is 0 Å². The number of aromatic carboxylic acids is 1.